The second kappa shape index (κ2) is 8.60. The Hall–Kier alpha value is -3.20. The Bertz CT molecular complexity index is 796. The molecule has 0 bridgehead atoms. The zero-order valence-electron chi connectivity index (χ0n) is 13.5. The molecule has 0 radical (unpaired) electrons. The van der Waals surface area contributed by atoms with E-state index in [2.05, 4.69) is 4.74 Å². The second-order valence-electron chi connectivity index (χ2n) is 5.25. The lowest BCUT2D eigenvalue weighted by atomic mass is 10.1. The summed E-state index contributed by atoms with van der Waals surface area (Å²) in [6.07, 6.45) is 2.74. The Balaban J connectivity index is 2.03. The number of nitriles is 1. The third-order valence-electron chi connectivity index (χ3n) is 3.42. The largest absolute Gasteiger partial charge is 0.434 e. The molecule has 0 aliphatic heterocycles. The van der Waals surface area contributed by atoms with Gasteiger partial charge in [0.05, 0.1) is 11.6 Å². The van der Waals surface area contributed by atoms with Gasteiger partial charge in [-0.15, -0.1) is 0 Å². The van der Waals surface area contributed by atoms with Gasteiger partial charge in [-0.3, -0.25) is 4.79 Å². The molecule has 0 aromatic heterocycles. The smallest absolute Gasteiger partial charge is 0.387 e. The van der Waals surface area contributed by atoms with Gasteiger partial charge in [0.1, 0.15) is 5.75 Å². The van der Waals surface area contributed by atoms with Crippen molar-refractivity contribution < 1.29 is 18.3 Å². The second-order valence-corrected chi connectivity index (χ2v) is 5.25. The summed E-state index contributed by atoms with van der Waals surface area (Å²) in [6.45, 7) is -2.56. The van der Waals surface area contributed by atoms with E-state index in [4.69, 9.17) is 5.26 Å². The van der Waals surface area contributed by atoms with Crippen molar-refractivity contribution in [3.8, 4) is 11.8 Å². The van der Waals surface area contributed by atoms with Crippen molar-refractivity contribution >= 4 is 12.0 Å². The van der Waals surface area contributed by atoms with Crippen LogP contribution in [0, 0.1) is 11.3 Å². The molecular formula is C19H16F2N2O2. The molecule has 2 aromatic carbocycles. The molecule has 0 unspecified atom stereocenters. The molecule has 1 amide bonds. The lowest BCUT2D eigenvalue weighted by molar-refractivity contribution is -0.125. The van der Waals surface area contributed by atoms with Gasteiger partial charge in [-0.25, -0.2) is 0 Å². The Labute approximate surface area is 144 Å². The van der Waals surface area contributed by atoms with E-state index in [1.54, 1.807) is 49.5 Å². The molecule has 25 heavy (non-hydrogen) atoms. The maximum Gasteiger partial charge on any atom is 0.387 e. The number of hydrogen-bond donors (Lipinski definition) is 0. The quantitative estimate of drug-likeness (QED) is 0.750. The number of benzene rings is 2. The fourth-order valence-corrected chi connectivity index (χ4v) is 2.15. The Morgan fingerprint density at radius 1 is 1.24 bits per heavy atom. The zero-order valence-corrected chi connectivity index (χ0v) is 13.5. The van der Waals surface area contributed by atoms with Gasteiger partial charge in [-0.2, -0.15) is 14.0 Å². The van der Waals surface area contributed by atoms with Crippen LogP contribution in [0.15, 0.2) is 54.6 Å². The van der Waals surface area contributed by atoms with Crippen LogP contribution in [0.4, 0.5) is 8.78 Å². The van der Waals surface area contributed by atoms with Crippen LogP contribution in [0.2, 0.25) is 0 Å². The first-order valence-electron chi connectivity index (χ1n) is 7.45. The predicted octanol–water partition coefficient (Wildman–Crippen LogP) is 3.83. The summed E-state index contributed by atoms with van der Waals surface area (Å²) < 4.78 is 29.2. The zero-order chi connectivity index (χ0) is 18.2. The number of nitrogens with zero attached hydrogens (tertiary/aromatic N) is 2. The highest BCUT2D eigenvalue weighted by Crippen LogP contribution is 2.21. The van der Waals surface area contributed by atoms with E-state index in [-0.39, 0.29) is 11.7 Å². The number of amides is 1. The molecular weight excluding hydrogens is 326 g/mol. The summed E-state index contributed by atoms with van der Waals surface area (Å²) in [5.41, 5.74) is 1.82. The van der Waals surface area contributed by atoms with E-state index in [1.165, 1.54) is 23.1 Å². The molecule has 0 saturated heterocycles. The average molecular weight is 342 g/mol. The van der Waals surface area contributed by atoms with Crippen molar-refractivity contribution in [3.63, 3.8) is 0 Å². The minimum absolute atomic E-state index is 0.0105. The van der Waals surface area contributed by atoms with Gasteiger partial charge in [-0.1, -0.05) is 30.3 Å². The van der Waals surface area contributed by atoms with Crippen LogP contribution in [0.3, 0.4) is 0 Å². The summed E-state index contributed by atoms with van der Waals surface area (Å²) in [5.74, 6) is -0.271. The summed E-state index contributed by atoms with van der Waals surface area (Å²) in [4.78, 5) is 13.7. The molecule has 0 spiro atoms. The maximum absolute atomic E-state index is 12.4. The molecule has 4 nitrogen and oxygen atoms in total. The number of likely N-dealkylation sites (N-methyl/N-ethyl adjacent to an activating group) is 1. The van der Waals surface area contributed by atoms with Crippen molar-refractivity contribution in [2.24, 2.45) is 0 Å². The van der Waals surface area contributed by atoms with E-state index in [1.807, 2.05) is 6.07 Å². The number of carbonyl (C=O) groups excluding carboxylic acids is 1. The monoisotopic (exact) mass is 342 g/mol. The van der Waals surface area contributed by atoms with E-state index >= 15 is 0 Å². The molecule has 2 aromatic rings. The number of halogens is 2. The van der Waals surface area contributed by atoms with E-state index in [0.29, 0.717) is 17.7 Å². The van der Waals surface area contributed by atoms with Crippen molar-refractivity contribution in [3.05, 3.63) is 71.3 Å². The Morgan fingerprint density at radius 2 is 1.92 bits per heavy atom. The van der Waals surface area contributed by atoms with Crippen molar-refractivity contribution in [2.75, 3.05) is 7.05 Å². The van der Waals surface area contributed by atoms with E-state index < -0.39 is 6.61 Å². The third kappa shape index (κ3) is 5.43. The van der Waals surface area contributed by atoms with Crippen LogP contribution >= 0.6 is 0 Å². The van der Waals surface area contributed by atoms with Crippen LogP contribution < -0.4 is 4.74 Å². The number of rotatable bonds is 6. The molecule has 0 fully saturated rings. The molecule has 128 valence electrons. The van der Waals surface area contributed by atoms with E-state index in [9.17, 15) is 13.6 Å². The number of alkyl halides is 2. The molecule has 0 heterocycles. The highest BCUT2D eigenvalue weighted by Gasteiger charge is 2.09. The number of hydrogen-bond acceptors (Lipinski definition) is 3. The molecule has 6 heteroatoms. The summed E-state index contributed by atoms with van der Waals surface area (Å²) in [6, 6.07) is 15.2. The fourth-order valence-electron chi connectivity index (χ4n) is 2.15. The average Bonchev–Trinajstić information content (AvgIpc) is 2.60. The minimum Gasteiger partial charge on any atom is -0.434 e. The number of carbonyl (C=O) groups is 1. The van der Waals surface area contributed by atoms with Gasteiger partial charge in [0.15, 0.2) is 0 Å². The molecule has 0 atom stereocenters. The lowest BCUT2D eigenvalue weighted by Crippen LogP contribution is -2.24. The van der Waals surface area contributed by atoms with Crippen LogP contribution in [-0.2, 0) is 11.3 Å². The molecule has 0 saturated carbocycles. The maximum atomic E-state index is 12.4. The van der Waals surface area contributed by atoms with Crippen molar-refractivity contribution in [1.29, 1.82) is 5.26 Å². The standard InChI is InChI=1S/C19H16F2N2O2/c1-23(13-15-8-6-14(12-22)7-9-15)18(24)11-10-16-4-2-3-5-17(16)25-19(20)21/h2-11,19H,13H2,1H3/b11-10+. The fraction of sp³-hybridized carbons (Fsp3) is 0.158. The Kier molecular flexibility index (Phi) is 6.24. The van der Waals surface area contributed by atoms with Gasteiger partial charge in [-0.05, 0) is 29.8 Å². The van der Waals surface area contributed by atoms with Gasteiger partial charge in [0.25, 0.3) is 0 Å². The lowest BCUT2D eigenvalue weighted by Gasteiger charge is -2.15. The number of para-hydroxylation sites is 1. The first-order chi connectivity index (χ1) is 12.0. The SMILES string of the molecule is CN(Cc1ccc(C#N)cc1)C(=O)/C=C/c1ccccc1OC(F)F. The third-order valence-corrected chi connectivity index (χ3v) is 3.42. The first-order valence-corrected chi connectivity index (χ1v) is 7.45. The van der Waals surface area contributed by atoms with Gasteiger partial charge in [0, 0.05) is 25.2 Å². The summed E-state index contributed by atoms with van der Waals surface area (Å²) in [5, 5.41) is 8.77. The molecule has 2 rings (SSSR count). The predicted molar refractivity (Wildman–Crippen MR) is 89.7 cm³/mol. The Morgan fingerprint density at radius 3 is 2.56 bits per heavy atom. The van der Waals surface area contributed by atoms with Gasteiger partial charge in [0.2, 0.25) is 5.91 Å². The van der Waals surface area contributed by atoms with Gasteiger partial charge >= 0.3 is 6.61 Å². The normalized spacial score (nSPS) is 10.7. The highest BCUT2D eigenvalue weighted by molar-refractivity contribution is 5.92. The van der Waals surface area contributed by atoms with E-state index in [0.717, 1.165) is 5.56 Å². The van der Waals surface area contributed by atoms with Crippen LogP contribution in [0.25, 0.3) is 6.08 Å². The highest BCUT2D eigenvalue weighted by atomic mass is 19.3. The molecule has 0 aliphatic rings. The minimum atomic E-state index is -2.93. The van der Waals surface area contributed by atoms with Crippen LogP contribution in [0.1, 0.15) is 16.7 Å². The molecule has 0 N–H and O–H groups in total. The van der Waals surface area contributed by atoms with Crippen LogP contribution in [-0.4, -0.2) is 24.5 Å². The summed E-state index contributed by atoms with van der Waals surface area (Å²) >= 11 is 0. The number of ether oxygens (including phenoxy) is 1. The van der Waals surface area contributed by atoms with Crippen molar-refractivity contribution in [1.82, 2.24) is 4.90 Å². The van der Waals surface area contributed by atoms with Crippen LogP contribution in [0.5, 0.6) is 5.75 Å². The first kappa shape index (κ1) is 18.1. The van der Waals surface area contributed by atoms with Gasteiger partial charge < -0.3 is 9.64 Å². The topological polar surface area (TPSA) is 53.3 Å². The molecule has 0 aliphatic carbocycles. The summed E-state index contributed by atoms with van der Waals surface area (Å²) in [7, 11) is 1.63. The van der Waals surface area contributed by atoms with Crippen molar-refractivity contribution in [2.45, 2.75) is 13.2 Å².